The van der Waals surface area contributed by atoms with Crippen LogP contribution in [-0.4, -0.2) is 5.75 Å². The molecule has 86 valence electrons. The minimum absolute atomic E-state index is 0.268. The summed E-state index contributed by atoms with van der Waals surface area (Å²) >= 11 is 4.60. The lowest BCUT2D eigenvalue weighted by molar-refractivity contribution is 0.593. The van der Waals surface area contributed by atoms with Crippen molar-refractivity contribution >= 4 is 27.7 Å². The van der Waals surface area contributed by atoms with Crippen molar-refractivity contribution in [1.29, 1.82) is 5.26 Å². The van der Waals surface area contributed by atoms with Gasteiger partial charge in [0.25, 0.3) is 0 Å². The fourth-order valence-corrected chi connectivity index (χ4v) is 2.90. The number of nitrogens with zero attached hydrogens (tertiary/aromatic N) is 1. The van der Waals surface area contributed by atoms with Crippen molar-refractivity contribution in [2.24, 2.45) is 5.92 Å². The lowest BCUT2D eigenvalue weighted by Crippen LogP contribution is -1.92. The molecule has 0 saturated heterocycles. The summed E-state index contributed by atoms with van der Waals surface area (Å²) < 4.78 is 14.0. The fraction of sp³-hybridized carbons (Fsp3) is 0.417. The molecule has 0 N–H and O–H groups in total. The van der Waals surface area contributed by atoms with Crippen LogP contribution in [0, 0.1) is 23.1 Å². The molecule has 0 aromatic heterocycles. The van der Waals surface area contributed by atoms with Crippen molar-refractivity contribution in [2.45, 2.75) is 25.2 Å². The molecule has 4 heteroatoms. The van der Waals surface area contributed by atoms with E-state index in [1.165, 1.54) is 11.8 Å². The molecular weight excluding hydrogens is 289 g/mol. The Morgan fingerprint density at radius 2 is 2.19 bits per heavy atom. The largest absolute Gasteiger partial charge is 0.204 e. The molecule has 1 nitrogen and oxygen atoms in total. The number of hydrogen-bond donors (Lipinski definition) is 0. The van der Waals surface area contributed by atoms with E-state index in [2.05, 4.69) is 29.8 Å². The maximum atomic E-state index is 13.8. The van der Waals surface area contributed by atoms with Crippen LogP contribution in [0.4, 0.5) is 4.39 Å². The third-order valence-electron chi connectivity index (χ3n) is 2.12. The zero-order chi connectivity index (χ0) is 12.1. The molecule has 0 spiro atoms. The first-order valence-electron chi connectivity index (χ1n) is 5.07. The normalized spacial score (nSPS) is 10.5. The van der Waals surface area contributed by atoms with Gasteiger partial charge in [-0.25, -0.2) is 4.39 Å². The van der Waals surface area contributed by atoms with E-state index in [1.54, 1.807) is 12.1 Å². The molecule has 0 atom stereocenters. The van der Waals surface area contributed by atoms with E-state index in [0.29, 0.717) is 16.4 Å². The topological polar surface area (TPSA) is 23.8 Å². The number of hydrogen-bond acceptors (Lipinski definition) is 2. The number of benzene rings is 1. The molecule has 16 heavy (non-hydrogen) atoms. The first-order chi connectivity index (χ1) is 7.56. The minimum Gasteiger partial charge on any atom is -0.204 e. The van der Waals surface area contributed by atoms with Crippen molar-refractivity contribution in [3.8, 4) is 6.07 Å². The van der Waals surface area contributed by atoms with Gasteiger partial charge < -0.3 is 0 Å². The first-order valence-corrected chi connectivity index (χ1v) is 6.85. The zero-order valence-corrected chi connectivity index (χ0v) is 11.7. The van der Waals surface area contributed by atoms with Crippen molar-refractivity contribution in [3.05, 3.63) is 28.0 Å². The molecule has 0 aliphatic carbocycles. The summed E-state index contributed by atoms with van der Waals surface area (Å²) in [6, 6.07) is 5.26. The van der Waals surface area contributed by atoms with Gasteiger partial charge in [0.1, 0.15) is 6.07 Å². The minimum atomic E-state index is -0.326. The van der Waals surface area contributed by atoms with E-state index in [0.717, 1.165) is 12.2 Å². The van der Waals surface area contributed by atoms with Crippen molar-refractivity contribution in [3.63, 3.8) is 0 Å². The van der Waals surface area contributed by atoms with E-state index in [9.17, 15) is 4.39 Å². The van der Waals surface area contributed by atoms with Crippen LogP contribution >= 0.6 is 27.7 Å². The Labute approximate surface area is 108 Å². The van der Waals surface area contributed by atoms with Gasteiger partial charge in [0.15, 0.2) is 5.82 Å². The molecular formula is C12H13BrFNS. The van der Waals surface area contributed by atoms with Crippen LogP contribution in [-0.2, 0) is 0 Å². The third kappa shape index (κ3) is 3.50. The molecule has 0 bridgehead atoms. The van der Waals surface area contributed by atoms with Crippen LogP contribution in [0.15, 0.2) is 21.5 Å². The highest BCUT2D eigenvalue weighted by Gasteiger charge is 2.11. The highest BCUT2D eigenvalue weighted by atomic mass is 79.9. The van der Waals surface area contributed by atoms with Crippen LogP contribution in [0.1, 0.15) is 25.8 Å². The maximum absolute atomic E-state index is 13.8. The van der Waals surface area contributed by atoms with Crippen LogP contribution in [0.3, 0.4) is 0 Å². The summed E-state index contributed by atoms with van der Waals surface area (Å²) in [5.41, 5.74) is 0.339. The van der Waals surface area contributed by atoms with E-state index in [1.807, 2.05) is 6.07 Å². The average molecular weight is 302 g/mol. The van der Waals surface area contributed by atoms with Crippen molar-refractivity contribution in [1.82, 2.24) is 0 Å². The second-order valence-electron chi connectivity index (χ2n) is 3.88. The van der Waals surface area contributed by atoms with Gasteiger partial charge in [0, 0.05) is 4.90 Å². The number of halogens is 2. The van der Waals surface area contributed by atoms with E-state index >= 15 is 0 Å². The quantitative estimate of drug-likeness (QED) is 0.759. The number of nitriles is 1. The Morgan fingerprint density at radius 1 is 1.50 bits per heavy atom. The molecule has 0 radical (unpaired) electrons. The van der Waals surface area contributed by atoms with Gasteiger partial charge in [-0.05, 0) is 46.2 Å². The number of thioether (sulfide) groups is 1. The Bertz CT molecular complexity index is 412. The van der Waals surface area contributed by atoms with Gasteiger partial charge in [-0.3, -0.25) is 0 Å². The summed E-state index contributed by atoms with van der Waals surface area (Å²) in [6.45, 7) is 4.29. The third-order valence-corrected chi connectivity index (χ3v) is 3.96. The standard InChI is InChI=1S/C12H13BrFNS/c1-8(2)5-6-16-10-4-3-9(7-15)11(13)12(10)14/h3-4,8H,5-6H2,1-2H3. The van der Waals surface area contributed by atoms with Gasteiger partial charge in [-0.15, -0.1) is 11.8 Å². The summed E-state index contributed by atoms with van der Waals surface area (Å²) in [6.07, 6.45) is 1.06. The van der Waals surface area contributed by atoms with Gasteiger partial charge in [0.2, 0.25) is 0 Å². The molecule has 0 heterocycles. The highest BCUT2D eigenvalue weighted by molar-refractivity contribution is 9.10. The van der Waals surface area contributed by atoms with E-state index in [-0.39, 0.29) is 10.3 Å². The maximum Gasteiger partial charge on any atom is 0.152 e. The first kappa shape index (κ1) is 13.5. The van der Waals surface area contributed by atoms with Gasteiger partial charge >= 0.3 is 0 Å². The van der Waals surface area contributed by atoms with Crippen LogP contribution < -0.4 is 0 Å². The predicted molar refractivity (Wildman–Crippen MR) is 69.0 cm³/mol. The van der Waals surface area contributed by atoms with Crippen LogP contribution in [0.2, 0.25) is 0 Å². The van der Waals surface area contributed by atoms with Gasteiger partial charge in [-0.1, -0.05) is 13.8 Å². The SMILES string of the molecule is CC(C)CCSc1ccc(C#N)c(Br)c1F. The molecule has 1 rings (SSSR count). The monoisotopic (exact) mass is 301 g/mol. The summed E-state index contributed by atoms with van der Waals surface area (Å²) in [4.78, 5) is 0.603. The second-order valence-corrected chi connectivity index (χ2v) is 5.81. The second kappa shape index (κ2) is 6.27. The molecule has 0 aliphatic heterocycles. The number of rotatable bonds is 4. The Kier molecular flexibility index (Phi) is 5.30. The van der Waals surface area contributed by atoms with Crippen LogP contribution in [0.5, 0.6) is 0 Å². The lowest BCUT2D eigenvalue weighted by atomic mass is 10.2. The summed E-state index contributed by atoms with van der Waals surface area (Å²) in [7, 11) is 0. The molecule has 1 aromatic carbocycles. The molecule has 0 aliphatic rings. The fourth-order valence-electron chi connectivity index (χ4n) is 1.13. The molecule has 0 fully saturated rings. The molecule has 0 amide bonds. The van der Waals surface area contributed by atoms with Crippen molar-refractivity contribution < 1.29 is 4.39 Å². The Balaban J connectivity index is 2.76. The lowest BCUT2D eigenvalue weighted by Gasteiger charge is -2.07. The molecule has 1 aromatic rings. The molecule has 0 unspecified atom stereocenters. The van der Waals surface area contributed by atoms with E-state index < -0.39 is 0 Å². The molecule has 0 saturated carbocycles. The smallest absolute Gasteiger partial charge is 0.152 e. The van der Waals surface area contributed by atoms with Gasteiger partial charge in [-0.2, -0.15) is 5.26 Å². The predicted octanol–water partition coefficient (Wildman–Crippen LogP) is 4.60. The van der Waals surface area contributed by atoms with Gasteiger partial charge in [0.05, 0.1) is 10.0 Å². The van der Waals surface area contributed by atoms with Crippen LogP contribution in [0.25, 0.3) is 0 Å². The summed E-state index contributed by atoms with van der Waals surface area (Å²) in [5, 5.41) is 8.73. The summed E-state index contributed by atoms with van der Waals surface area (Å²) in [5.74, 6) is 1.19. The van der Waals surface area contributed by atoms with Crippen molar-refractivity contribution in [2.75, 3.05) is 5.75 Å². The Morgan fingerprint density at radius 3 is 2.75 bits per heavy atom. The highest BCUT2D eigenvalue weighted by Crippen LogP contribution is 2.30. The Hall–Kier alpha value is -0.530. The average Bonchev–Trinajstić information content (AvgIpc) is 2.24. The zero-order valence-electron chi connectivity index (χ0n) is 9.26. The van der Waals surface area contributed by atoms with E-state index in [4.69, 9.17) is 5.26 Å².